The van der Waals surface area contributed by atoms with E-state index < -0.39 is 34.4 Å². The molecule has 0 radical (unpaired) electrons. The predicted molar refractivity (Wildman–Crippen MR) is 128 cm³/mol. The molecule has 2 aromatic rings. The lowest BCUT2D eigenvalue weighted by Gasteiger charge is -2.26. The molecule has 0 aliphatic carbocycles. The number of methoxy groups -OCH3 is 2. The third-order valence-corrected chi connectivity index (χ3v) is 5.90. The molecule has 11 heteroatoms. The summed E-state index contributed by atoms with van der Waals surface area (Å²) in [6.45, 7) is 0.153. The molecule has 11 nitrogen and oxygen atoms in total. The molecule has 0 bridgehead atoms. The van der Waals surface area contributed by atoms with Gasteiger partial charge in [-0.2, -0.15) is 0 Å². The number of carbonyl (C=O) groups is 3. The number of rotatable bonds is 11. The van der Waals surface area contributed by atoms with Crippen LogP contribution in [-0.2, 0) is 14.4 Å². The summed E-state index contributed by atoms with van der Waals surface area (Å²) in [5.74, 6) is -2.28. The fourth-order valence-electron chi connectivity index (χ4n) is 4.11. The van der Waals surface area contributed by atoms with Crippen LogP contribution in [0.4, 0.5) is 5.69 Å². The quantitative estimate of drug-likeness (QED) is 0.118. The maximum atomic E-state index is 13.1. The highest BCUT2D eigenvalue weighted by Gasteiger charge is 2.46. The fraction of sp³-hybridized carbons (Fsp3) is 0.320. The summed E-state index contributed by atoms with van der Waals surface area (Å²) >= 11 is 0. The molecule has 1 fully saturated rings. The van der Waals surface area contributed by atoms with Crippen LogP contribution >= 0.6 is 0 Å². The summed E-state index contributed by atoms with van der Waals surface area (Å²) in [5.41, 5.74) is 0.280. The van der Waals surface area contributed by atoms with E-state index in [1.807, 2.05) is 0 Å². The summed E-state index contributed by atoms with van der Waals surface area (Å²) in [7, 11) is 2.91. The maximum Gasteiger partial charge on any atom is 0.303 e. The highest BCUT2D eigenvalue weighted by molar-refractivity contribution is 6.46. The van der Waals surface area contributed by atoms with Crippen molar-refractivity contribution in [2.75, 3.05) is 20.8 Å². The molecule has 1 saturated heterocycles. The van der Waals surface area contributed by atoms with Crippen LogP contribution < -0.4 is 9.47 Å². The molecule has 1 amide bonds. The molecule has 1 unspecified atom stereocenters. The molecule has 190 valence electrons. The van der Waals surface area contributed by atoms with Crippen molar-refractivity contribution in [2.45, 2.75) is 31.7 Å². The number of non-ortho nitro benzene ring substituents is 1. The van der Waals surface area contributed by atoms with E-state index in [4.69, 9.17) is 14.6 Å². The number of ether oxygens (including phenoxy) is 2. The second-order valence-electron chi connectivity index (χ2n) is 8.12. The lowest BCUT2D eigenvalue weighted by molar-refractivity contribution is -0.384. The minimum absolute atomic E-state index is 0.00192. The van der Waals surface area contributed by atoms with E-state index in [-0.39, 0.29) is 29.8 Å². The van der Waals surface area contributed by atoms with Crippen LogP contribution in [0.2, 0.25) is 0 Å². The molecule has 3 rings (SSSR count). The molecule has 36 heavy (non-hydrogen) atoms. The highest BCUT2D eigenvalue weighted by Crippen LogP contribution is 2.42. The molecule has 0 aromatic heterocycles. The van der Waals surface area contributed by atoms with Gasteiger partial charge in [0.2, 0.25) is 0 Å². The van der Waals surface area contributed by atoms with E-state index in [9.17, 15) is 29.6 Å². The number of carbonyl (C=O) groups excluding carboxylic acids is 2. The molecule has 2 N–H and O–H groups in total. The first-order valence-electron chi connectivity index (χ1n) is 11.2. The Bertz CT molecular complexity index is 1200. The summed E-state index contributed by atoms with van der Waals surface area (Å²) in [5, 5.41) is 30.9. The summed E-state index contributed by atoms with van der Waals surface area (Å²) in [4.78, 5) is 48.6. The fourth-order valence-corrected chi connectivity index (χ4v) is 4.11. The number of unbranched alkanes of at least 4 members (excludes halogenated alkanes) is 2. The van der Waals surface area contributed by atoms with Crippen molar-refractivity contribution >= 4 is 29.1 Å². The number of aliphatic hydroxyl groups is 1. The molecule has 1 atom stereocenters. The number of aliphatic carboxylic acids is 1. The van der Waals surface area contributed by atoms with Crippen LogP contribution in [0.15, 0.2) is 48.0 Å². The van der Waals surface area contributed by atoms with Crippen molar-refractivity contribution in [1.82, 2.24) is 4.90 Å². The topological polar surface area (TPSA) is 157 Å². The van der Waals surface area contributed by atoms with Crippen LogP contribution in [0.5, 0.6) is 11.5 Å². The van der Waals surface area contributed by atoms with Crippen molar-refractivity contribution in [3.63, 3.8) is 0 Å². The second-order valence-corrected chi connectivity index (χ2v) is 8.12. The predicted octanol–water partition coefficient (Wildman–Crippen LogP) is 3.68. The first kappa shape index (κ1) is 26.2. The van der Waals surface area contributed by atoms with E-state index in [2.05, 4.69) is 0 Å². The molecule has 0 saturated carbocycles. The molecule has 1 aliphatic rings. The van der Waals surface area contributed by atoms with E-state index >= 15 is 0 Å². The zero-order chi connectivity index (χ0) is 26.4. The van der Waals surface area contributed by atoms with Crippen LogP contribution in [-0.4, -0.2) is 58.5 Å². The molecular formula is C25H26N2O9. The van der Waals surface area contributed by atoms with Crippen molar-refractivity contribution in [1.29, 1.82) is 0 Å². The van der Waals surface area contributed by atoms with Gasteiger partial charge in [0.25, 0.3) is 17.4 Å². The van der Waals surface area contributed by atoms with Gasteiger partial charge in [0.1, 0.15) is 5.76 Å². The number of carboxylic acids is 1. The Morgan fingerprint density at radius 1 is 1.00 bits per heavy atom. The number of amides is 1. The van der Waals surface area contributed by atoms with E-state index in [1.165, 1.54) is 43.4 Å². The number of aliphatic hydroxyl groups excluding tert-OH is 1. The Morgan fingerprint density at radius 2 is 1.67 bits per heavy atom. The van der Waals surface area contributed by atoms with E-state index in [0.717, 1.165) is 0 Å². The monoisotopic (exact) mass is 498 g/mol. The number of Topliss-reactive ketones (excluding diaryl/α,β-unsaturated/α-hetero) is 1. The number of nitrogens with zero attached hydrogens (tertiary/aromatic N) is 2. The van der Waals surface area contributed by atoms with Gasteiger partial charge in [-0.3, -0.25) is 24.5 Å². The number of benzene rings is 2. The van der Waals surface area contributed by atoms with Gasteiger partial charge in [0.15, 0.2) is 11.5 Å². The summed E-state index contributed by atoms with van der Waals surface area (Å²) in [6.07, 6.45) is 1.39. The van der Waals surface area contributed by atoms with Gasteiger partial charge < -0.3 is 24.6 Å². The van der Waals surface area contributed by atoms with Crippen molar-refractivity contribution in [3.8, 4) is 11.5 Å². The number of hydrogen-bond donors (Lipinski definition) is 2. The molecular weight excluding hydrogens is 472 g/mol. The number of likely N-dealkylation sites (tertiary alicyclic amines) is 1. The first-order valence-corrected chi connectivity index (χ1v) is 11.2. The minimum atomic E-state index is -0.959. The number of nitro benzene ring substituents is 1. The Morgan fingerprint density at radius 3 is 2.25 bits per heavy atom. The highest BCUT2D eigenvalue weighted by atomic mass is 16.6. The van der Waals surface area contributed by atoms with Crippen LogP contribution in [0.25, 0.3) is 5.76 Å². The van der Waals surface area contributed by atoms with Crippen molar-refractivity contribution in [3.05, 3.63) is 69.3 Å². The Hall–Kier alpha value is -4.41. The van der Waals surface area contributed by atoms with Gasteiger partial charge in [0.05, 0.1) is 30.8 Å². The van der Waals surface area contributed by atoms with E-state index in [1.54, 1.807) is 18.2 Å². The van der Waals surface area contributed by atoms with Gasteiger partial charge in [-0.15, -0.1) is 0 Å². The van der Waals surface area contributed by atoms with Crippen molar-refractivity contribution in [2.24, 2.45) is 0 Å². The van der Waals surface area contributed by atoms with Crippen LogP contribution in [0.3, 0.4) is 0 Å². The number of ketones is 1. The third kappa shape index (κ3) is 5.45. The van der Waals surface area contributed by atoms with Crippen molar-refractivity contribution < 1.29 is 39.0 Å². The van der Waals surface area contributed by atoms with Crippen LogP contribution in [0, 0.1) is 10.1 Å². The zero-order valence-corrected chi connectivity index (χ0v) is 19.8. The first-order chi connectivity index (χ1) is 17.2. The zero-order valence-electron chi connectivity index (χ0n) is 19.8. The number of carboxylic acid groups (broad SMARTS) is 1. The minimum Gasteiger partial charge on any atom is -0.507 e. The second kappa shape index (κ2) is 11.3. The normalized spacial score (nSPS) is 16.7. The Labute approximate surface area is 206 Å². The SMILES string of the molecule is COc1ccc(C2/C(=C(/O)c3ccc([N+](=O)[O-])cc3)C(=O)C(=O)N2CCCCCC(=O)O)cc1OC. The van der Waals surface area contributed by atoms with Crippen LogP contribution in [0.1, 0.15) is 42.9 Å². The molecule has 2 aromatic carbocycles. The van der Waals surface area contributed by atoms with Gasteiger partial charge in [-0.1, -0.05) is 12.5 Å². The third-order valence-electron chi connectivity index (χ3n) is 5.90. The Balaban J connectivity index is 2.05. The summed E-state index contributed by atoms with van der Waals surface area (Å²) in [6, 6.07) is 8.91. The average Bonchev–Trinajstić information content (AvgIpc) is 3.12. The Kier molecular flexibility index (Phi) is 8.26. The number of nitro groups is 1. The van der Waals surface area contributed by atoms with Gasteiger partial charge in [-0.25, -0.2) is 0 Å². The lowest BCUT2D eigenvalue weighted by atomic mass is 9.94. The smallest absolute Gasteiger partial charge is 0.303 e. The average molecular weight is 498 g/mol. The molecule has 0 spiro atoms. The standard InChI is InChI=1S/C25H26N2O9/c1-35-18-12-9-16(14-19(18)36-2)22-21(23(30)15-7-10-17(11-8-15)27(33)34)24(31)25(32)26(22)13-5-3-4-6-20(28)29/h7-12,14,22,30H,3-6,13H2,1-2H3,(H,28,29)/b23-21-. The maximum absolute atomic E-state index is 13.1. The molecule has 1 heterocycles. The van der Waals surface area contributed by atoms with Gasteiger partial charge in [0, 0.05) is 30.7 Å². The van der Waals surface area contributed by atoms with Gasteiger partial charge >= 0.3 is 5.97 Å². The van der Waals surface area contributed by atoms with E-state index in [0.29, 0.717) is 36.3 Å². The largest absolute Gasteiger partial charge is 0.507 e. The number of hydrogen-bond acceptors (Lipinski definition) is 8. The molecule has 1 aliphatic heterocycles. The van der Waals surface area contributed by atoms with Gasteiger partial charge in [-0.05, 0) is 42.7 Å². The summed E-state index contributed by atoms with van der Waals surface area (Å²) < 4.78 is 10.6. The lowest BCUT2D eigenvalue weighted by Crippen LogP contribution is -2.30.